The summed E-state index contributed by atoms with van der Waals surface area (Å²) >= 11 is 6.20. The van der Waals surface area contributed by atoms with Gasteiger partial charge in [-0.1, -0.05) is 29.8 Å². The highest BCUT2D eigenvalue weighted by atomic mass is 35.5. The Bertz CT molecular complexity index is 645. The van der Waals surface area contributed by atoms with Crippen molar-refractivity contribution in [2.24, 2.45) is 0 Å². The van der Waals surface area contributed by atoms with Gasteiger partial charge < -0.3 is 10.2 Å². The third-order valence-electron chi connectivity index (χ3n) is 3.52. The molecule has 110 valence electrons. The molecular weight excluding hydrogens is 286 g/mol. The highest BCUT2D eigenvalue weighted by Crippen LogP contribution is 2.27. The summed E-state index contributed by atoms with van der Waals surface area (Å²) in [7, 11) is 3.54. The molecule has 1 unspecified atom stereocenters. The molecule has 0 aliphatic rings. The fourth-order valence-corrected chi connectivity index (χ4v) is 2.40. The smallest absolute Gasteiger partial charge is 0.254 e. The van der Waals surface area contributed by atoms with Crippen LogP contribution >= 0.6 is 11.6 Å². The number of carbonyl (C=O) groups excluding carboxylic acids is 1. The van der Waals surface area contributed by atoms with Gasteiger partial charge in [-0.3, -0.25) is 4.79 Å². The second-order valence-corrected chi connectivity index (χ2v) is 5.20. The molecule has 0 spiro atoms. The van der Waals surface area contributed by atoms with Gasteiger partial charge in [-0.25, -0.2) is 4.98 Å². The van der Waals surface area contributed by atoms with Gasteiger partial charge >= 0.3 is 0 Å². The first-order chi connectivity index (χ1) is 10.0. The number of rotatable bonds is 4. The molecule has 21 heavy (non-hydrogen) atoms. The van der Waals surface area contributed by atoms with E-state index in [0.29, 0.717) is 16.4 Å². The highest BCUT2D eigenvalue weighted by Gasteiger charge is 2.20. The second-order valence-electron chi connectivity index (χ2n) is 4.79. The average molecular weight is 304 g/mol. The SMILES string of the molecule is CNc1cc(C(=O)N(C)C(C)c2ccccc2Cl)ccn1. The van der Waals surface area contributed by atoms with Crippen LogP contribution in [0, 0.1) is 0 Å². The molecule has 1 amide bonds. The minimum Gasteiger partial charge on any atom is -0.373 e. The maximum atomic E-state index is 12.6. The minimum atomic E-state index is -0.114. The lowest BCUT2D eigenvalue weighted by Gasteiger charge is -2.26. The number of anilines is 1. The minimum absolute atomic E-state index is 0.0682. The zero-order valence-electron chi connectivity index (χ0n) is 12.3. The number of nitrogens with zero attached hydrogens (tertiary/aromatic N) is 2. The van der Waals surface area contributed by atoms with Crippen molar-refractivity contribution < 1.29 is 4.79 Å². The fraction of sp³-hybridized carbons (Fsp3) is 0.250. The van der Waals surface area contributed by atoms with E-state index in [1.807, 2.05) is 31.2 Å². The topological polar surface area (TPSA) is 45.2 Å². The van der Waals surface area contributed by atoms with Crippen LogP contribution in [0.25, 0.3) is 0 Å². The lowest BCUT2D eigenvalue weighted by Crippen LogP contribution is -2.29. The molecule has 0 radical (unpaired) electrons. The first kappa shape index (κ1) is 15.3. The van der Waals surface area contributed by atoms with Gasteiger partial charge in [0, 0.05) is 30.9 Å². The van der Waals surface area contributed by atoms with Gasteiger partial charge in [-0.05, 0) is 30.7 Å². The third kappa shape index (κ3) is 3.34. The van der Waals surface area contributed by atoms with Crippen LogP contribution in [0.5, 0.6) is 0 Å². The maximum absolute atomic E-state index is 12.6. The van der Waals surface area contributed by atoms with E-state index in [2.05, 4.69) is 10.3 Å². The summed E-state index contributed by atoms with van der Waals surface area (Å²) < 4.78 is 0. The van der Waals surface area contributed by atoms with E-state index in [4.69, 9.17) is 11.6 Å². The number of benzene rings is 1. The third-order valence-corrected chi connectivity index (χ3v) is 3.86. The Balaban J connectivity index is 2.24. The molecule has 1 aromatic carbocycles. The molecule has 0 aliphatic carbocycles. The molecule has 1 atom stereocenters. The van der Waals surface area contributed by atoms with Crippen LogP contribution in [0.4, 0.5) is 5.82 Å². The lowest BCUT2D eigenvalue weighted by molar-refractivity contribution is 0.0742. The Morgan fingerprint density at radius 1 is 1.33 bits per heavy atom. The first-order valence-electron chi connectivity index (χ1n) is 6.70. The van der Waals surface area contributed by atoms with E-state index >= 15 is 0 Å². The predicted molar refractivity (Wildman–Crippen MR) is 85.7 cm³/mol. The summed E-state index contributed by atoms with van der Waals surface area (Å²) in [5, 5.41) is 3.59. The van der Waals surface area contributed by atoms with Crippen molar-refractivity contribution in [3.63, 3.8) is 0 Å². The van der Waals surface area contributed by atoms with Crippen molar-refractivity contribution in [1.29, 1.82) is 0 Å². The number of halogens is 1. The number of nitrogens with one attached hydrogen (secondary N) is 1. The van der Waals surface area contributed by atoms with Crippen LogP contribution < -0.4 is 5.32 Å². The number of amides is 1. The Morgan fingerprint density at radius 2 is 2.05 bits per heavy atom. The first-order valence-corrected chi connectivity index (χ1v) is 7.07. The normalized spacial score (nSPS) is 11.8. The van der Waals surface area contributed by atoms with Crippen LogP contribution in [0.2, 0.25) is 5.02 Å². The van der Waals surface area contributed by atoms with Crippen molar-refractivity contribution in [3.8, 4) is 0 Å². The second kappa shape index (κ2) is 6.59. The molecule has 5 heteroatoms. The lowest BCUT2D eigenvalue weighted by atomic mass is 10.1. The van der Waals surface area contributed by atoms with Crippen molar-refractivity contribution in [1.82, 2.24) is 9.88 Å². The molecule has 2 rings (SSSR count). The number of aromatic nitrogens is 1. The zero-order chi connectivity index (χ0) is 15.4. The molecule has 0 saturated heterocycles. The summed E-state index contributed by atoms with van der Waals surface area (Å²) in [6.45, 7) is 1.96. The summed E-state index contributed by atoms with van der Waals surface area (Å²) in [4.78, 5) is 18.4. The quantitative estimate of drug-likeness (QED) is 0.938. The molecule has 0 saturated carbocycles. The monoisotopic (exact) mass is 303 g/mol. The molecule has 0 aliphatic heterocycles. The van der Waals surface area contributed by atoms with Crippen LogP contribution in [0.3, 0.4) is 0 Å². The van der Waals surface area contributed by atoms with Crippen LogP contribution in [-0.2, 0) is 0 Å². The van der Waals surface area contributed by atoms with Crippen molar-refractivity contribution in [2.45, 2.75) is 13.0 Å². The molecule has 0 fully saturated rings. The molecule has 2 aromatic rings. The average Bonchev–Trinajstić information content (AvgIpc) is 2.53. The van der Waals surface area contributed by atoms with E-state index in [0.717, 1.165) is 5.56 Å². The maximum Gasteiger partial charge on any atom is 0.254 e. The van der Waals surface area contributed by atoms with Gasteiger partial charge in [0.2, 0.25) is 0 Å². The predicted octanol–water partition coefficient (Wildman–Crippen LogP) is 3.61. The standard InChI is InChI=1S/C16H18ClN3O/c1-11(13-6-4-5-7-14(13)17)20(3)16(21)12-8-9-19-15(10-12)18-2/h4-11H,1-3H3,(H,18,19). The fourth-order valence-electron chi connectivity index (χ4n) is 2.10. The van der Waals surface area contributed by atoms with E-state index in [9.17, 15) is 4.79 Å². The van der Waals surface area contributed by atoms with Crippen molar-refractivity contribution in [3.05, 3.63) is 58.7 Å². The molecule has 1 heterocycles. The number of carbonyl (C=O) groups is 1. The van der Waals surface area contributed by atoms with E-state index < -0.39 is 0 Å². The van der Waals surface area contributed by atoms with Crippen LogP contribution in [0.1, 0.15) is 28.9 Å². The Hall–Kier alpha value is -2.07. The van der Waals surface area contributed by atoms with Gasteiger partial charge in [0.1, 0.15) is 5.82 Å². The summed E-state index contributed by atoms with van der Waals surface area (Å²) in [5.41, 5.74) is 1.52. The zero-order valence-corrected chi connectivity index (χ0v) is 13.1. The van der Waals surface area contributed by atoms with Gasteiger partial charge in [0.25, 0.3) is 5.91 Å². The molecular formula is C16H18ClN3O. The Kier molecular flexibility index (Phi) is 4.81. The Labute approximate surface area is 129 Å². The number of pyridine rings is 1. The summed E-state index contributed by atoms with van der Waals surface area (Å²) in [6.07, 6.45) is 1.62. The van der Waals surface area contributed by atoms with E-state index in [1.54, 1.807) is 37.3 Å². The molecule has 4 nitrogen and oxygen atoms in total. The van der Waals surface area contributed by atoms with E-state index in [-0.39, 0.29) is 11.9 Å². The highest BCUT2D eigenvalue weighted by molar-refractivity contribution is 6.31. The molecule has 1 N–H and O–H groups in total. The van der Waals surface area contributed by atoms with Gasteiger partial charge in [0.05, 0.1) is 6.04 Å². The van der Waals surface area contributed by atoms with Crippen molar-refractivity contribution in [2.75, 3.05) is 19.4 Å². The van der Waals surface area contributed by atoms with Crippen LogP contribution in [-0.4, -0.2) is 29.9 Å². The Morgan fingerprint density at radius 3 is 2.71 bits per heavy atom. The largest absolute Gasteiger partial charge is 0.373 e. The van der Waals surface area contributed by atoms with Gasteiger partial charge in [0.15, 0.2) is 0 Å². The molecule has 0 bridgehead atoms. The van der Waals surface area contributed by atoms with E-state index in [1.165, 1.54) is 0 Å². The van der Waals surface area contributed by atoms with Gasteiger partial charge in [-0.2, -0.15) is 0 Å². The van der Waals surface area contributed by atoms with Crippen LogP contribution in [0.15, 0.2) is 42.6 Å². The number of hydrogen-bond donors (Lipinski definition) is 1. The summed E-state index contributed by atoms with van der Waals surface area (Å²) in [6, 6.07) is 10.9. The number of hydrogen-bond acceptors (Lipinski definition) is 3. The summed E-state index contributed by atoms with van der Waals surface area (Å²) in [5.74, 6) is 0.598. The molecule has 1 aromatic heterocycles. The van der Waals surface area contributed by atoms with Crippen molar-refractivity contribution >= 4 is 23.3 Å². The van der Waals surface area contributed by atoms with Gasteiger partial charge in [-0.15, -0.1) is 0 Å².